The predicted molar refractivity (Wildman–Crippen MR) is 114 cm³/mol. The van der Waals surface area contributed by atoms with Crippen molar-refractivity contribution >= 4 is 45.3 Å². The zero-order valence-electron chi connectivity index (χ0n) is 16.5. The minimum atomic E-state index is -0.418. The lowest BCUT2D eigenvalue weighted by molar-refractivity contribution is -0.119. The molecule has 4 rings (SSSR count). The Balaban J connectivity index is 1.48. The van der Waals surface area contributed by atoms with Gasteiger partial charge < -0.3 is 15.1 Å². The number of hydrogen-bond donors (Lipinski definition) is 2. The number of aromatic nitrogens is 2. The topological polar surface area (TPSA) is 106 Å². The van der Waals surface area contributed by atoms with Gasteiger partial charge in [0.25, 0.3) is 5.56 Å². The second-order valence-corrected chi connectivity index (χ2v) is 7.22. The van der Waals surface area contributed by atoms with Crippen molar-refractivity contribution in [3.05, 3.63) is 65.2 Å². The van der Waals surface area contributed by atoms with Gasteiger partial charge in [0.15, 0.2) is 0 Å². The number of carbonyl (C=O) groups is 2. The smallest absolute Gasteiger partial charge is 0.297 e. The Morgan fingerprint density at radius 2 is 1.70 bits per heavy atom. The van der Waals surface area contributed by atoms with Gasteiger partial charge in [-0.2, -0.15) is 0 Å². The Morgan fingerprint density at radius 1 is 1.03 bits per heavy atom. The van der Waals surface area contributed by atoms with Crippen molar-refractivity contribution in [2.75, 3.05) is 10.6 Å². The van der Waals surface area contributed by atoms with Gasteiger partial charge in [-0.1, -0.05) is 26.0 Å². The van der Waals surface area contributed by atoms with E-state index in [4.69, 9.17) is 4.42 Å². The van der Waals surface area contributed by atoms with Crippen LogP contribution in [0.4, 0.5) is 11.4 Å². The van der Waals surface area contributed by atoms with E-state index in [0.717, 1.165) is 5.39 Å². The highest BCUT2D eigenvalue weighted by Crippen LogP contribution is 2.24. The number of fused-ring (bicyclic) bond motifs is 3. The van der Waals surface area contributed by atoms with E-state index < -0.39 is 5.56 Å². The van der Waals surface area contributed by atoms with Gasteiger partial charge in [-0.25, -0.2) is 4.98 Å². The van der Waals surface area contributed by atoms with E-state index in [1.165, 1.54) is 10.9 Å². The third-order valence-corrected chi connectivity index (χ3v) is 4.63. The number of anilines is 2. The number of nitrogens with one attached hydrogen (secondary N) is 2. The van der Waals surface area contributed by atoms with E-state index in [9.17, 15) is 14.4 Å². The van der Waals surface area contributed by atoms with Crippen LogP contribution in [0, 0.1) is 5.92 Å². The van der Waals surface area contributed by atoms with Crippen molar-refractivity contribution < 1.29 is 14.0 Å². The average Bonchev–Trinajstić information content (AvgIpc) is 3.11. The van der Waals surface area contributed by atoms with E-state index in [-0.39, 0.29) is 29.9 Å². The van der Waals surface area contributed by atoms with Crippen molar-refractivity contribution in [3.8, 4) is 0 Å². The molecule has 0 bridgehead atoms. The summed E-state index contributed by atoms with van der Waals surface area (Å²) in [7, 11) is 0. The second kappa shape index (κ2) is 7.82. The van der Waals surface area contributed by atoms with E-state index >= 15 is 0 Å². The minimum absolute atomic E-state index is 0.0837. The van der Waals surface area contributed by atoms with E-state index in [2.05, 4.69) is 15.6 Å². The Labute approximate surface area is 171 Å². The Bertz CT molecular complexity index is 1300. The summed E-state index contributed by atoms with van der Waals surface area (Å²) in [6.45, 7) is 3.41. The van der Waals surface area contributed by atoms with E-state index in [1.807, 2.05) is 32.0 Å². The molecule has 0 atom stereocenters. The number of benzene rings is 2. The van der Waals surface area contributed by atoms with Crippen LogP contribution in [0.5, 0.6) is 0 Å². The molecule has 0 saturated carbocycles. The quantitative estimate of drug-likeness (QED) is 0.530. The highest BCUT2D eigenvalue weighted by molar-refractivity contribution is 6.01. The SMILES string of the molecule is CC(C)C(=O)Nc1ccc(NC(=O)Cn2cnc3c(oc4ccccc43)c2=O)cc1. The molecule has 8 heteroatoms. The molecule has 0 unspecified atom stereocenters. The second-order valence-electron chi connectivity index (χ2n) is 7.22. The first kappa shape index (κ1) is 19.4. The van der Waals surface area contributed by atoms with Crippen LogP contribution in [0.15, 0.2) is 64.1 Å². The minimum Gasteiger partial charge on any atom is -0.448 e. The molecule has 8 nitrogen and oxygen atoms in total. The molecule has 2 aromatic heterocycles. The number of furan rings is 1. The standard InChI is InChI=1S/C22H20N4O4/c1-13(2)21(28)25-15-9-7-14(8-10-15)24-18(27)11-26-12-23-19-16-5-3-4-6-17(16)30-20(19)22(26)29/h3-10,12-13H,11H2,1-2H3,(H,24,27)(H,25,28). The van der Waals surface area contributed by atoms with Gasteiger partial charge >= 0.3 is 0 Å². The fraction of sp³-hybridized carbons (Fsp3) is 0.182. The number of amides is 2. The zero-order chi connectivity index (χ0) is 21.3. The molecule has 0 aliphatic rings. The molecule has 0 spiro atoms. The van der Waals surface area contributed by atoms with Crippen molar-refractivity contribution in [1.82, 2.24) is 9.55 Å². The monoisotopic (exact) mass is 404 g/mol. The van der Waals surface area contributed by atoms with Gasteiger partial charge in [0, 0.05) is 22.7 Å². The predicted octanol–water partition coefficient (Wildman–Crippen LogP) is 3.38. The normalized spacial score (nSPS) is 11.2. The van der Waals surface area contributed by atoms with Crippen LogP contribution < -0.4 is 16.2 Å². The molecule has 4 aromatic rings. The van der Waals surface area contributed by atoms with E-state index in [0.29, 0.717) is 22.5 Å². The zero-order valence-corrected chi connectivity index (χ0v) is 16.5. The maximum absolute atomic E-state index is 12.7. The maximum atomic E-state index is 12.7. The van der Waals surface area contributed by atoms with Crippen LogP contribution in [0.25, 0.3) is 22.1 Å². The summed E-state index contributed by atoms with van der Waals surface area (Å²) in [5.41, 5.74) is 1.95. The third kappa shape index (κ3) is 3.80. The highest BCUT2D eigenvalue weighted by Gasteiger charge is 2.14. The summed E-state index contributed by atoms with van der Waals surface area (Å²) in [6, 6.07) is 14.0. The molecular formula is C22H20N4O4. The molecule has 2 N–H and O–H groups in total. The molecule has 0 aliphatic carbocycles. The third-order valence-electron chi connectivity index (χ3n) is 4.63. The average molecular weight is 404 g/mol. The molecule has 0 radical (unpaired) electrons. The molecule has 152 valence electrons. The van der Waals surface area contributed by atoms with Crippen LogP contribution in [-0.4, -0.2) is 21.4 Å². The van der Waals surface area contributed by atoms with Gasteiger partial charge in [0.1, 0.15) is 17.6 Å². The number of para-hydroxylation sites is 1. The van der Waals surface area contributed by atoms with Crippen LogP contribution in [0.1, 0.15) is 13.8 Å². The molecule has 0 fully saturated rings. The van der Waals surface area contributed by atoms with Gasteiger partial charge in [-0.15, -0.1) is 0 Å². The fourth-order valence-corrected chi connectivity index (χ4v) is 3.01. The van der Waals surface area contributed by atoms with Crippen LogP contribution in [0.2, 0.25) is 0 Å². The van der Waals surface area contributed by atoms with Crippen molar-refractivity contribution in [2.45, 2.75) is 20.4 Å². The Morgan fingerprint density at radius 3 is 2.40 bits per heavy atom. The van der Waals surface area contributed by atoms with Crippen molar-refractivity contribution in [1.29, 1.82) is 0 Å². The molecule has 2 aromatic carbocycles. The lowest BCUT2D eigenvalue weighted by Gasteiger charge is -2.10. The van der Waals surface area contributed by atoms with Crippen molar-refractivity contribution in [3.63, 3.8) is 0 Å². The number of carbonyl (C=O) groups excluding carboxylic acids is 2. The summed E-state index contributed by atoms with van der Waals surface area (Å²) in [5.74, 6) is -0.589. The molecule has 2 amide bonds. The first-order valence-corrected chi connectivity index (χ1v) is 9.50. The summed E-state index contributed by atoms with van der Waals surface area (Å²) in [5, 5.41) is 6.26. The van der Waals surface area contributed by atoms with Gasteiger partial charge in [0.05, 0.1) is 6.33 Å². The lowest BCUT2D eigenvalue weighted by atomic mass is 10.2. The Hall–Kier alpha value is -3.94. The van der Waals surface area contributed by atoms with Crippen LogP contribution in [0.3, 0.4) is 0 Å². The number of hydrogen-bond acceptors (Lipinski definition) is 5. The van der Waals surface area contributed by atoms with E-state index in [1.54, 1.807) is 30.3 Å². The van der Waals surface area contributed by atoms with Crippen LogP contribution in [-0.2, 0) is 16.1 Å². The summed E-state index contributed by atoms with van der Waals surface area (Å²) < 4.78 is 6.83. The summed E-state index contributed by atoms with van der Waals surface area (Å²) in [4.78, 5) is 41.1. The molecule has 0 aliphatic heterocycles. The number of nitrogens with zero attached hydrogens (tertiary/aromatic N) is 2. The number of rotatable bonds is 5. The van der Waals surface area contributed by atoms with Crippen molar-refractivity contribution in [2.24, 2.45) is 5.92 Å². The molecule has 0 saturated heterocycles. The molecular weight excluding hydrogens is 384 g/mol. The molecule has 2 heterocycles. The first-order valence-electron chi connectivity index (χ1n) is 9.50. The summed E-state index contributed by atoms with van der Waals surface area (Å²) >= 11 is 0. The largest absolute Gasteiger partial charge is 0.448 e. The molecule has 30 heavy (non-hydrogen) atoms. The van der Waals surface area contributed by atoms with Gasteiger partial charge in [-0.05, 0) is 36.4 Å². The van der Waals surface area contributed by atoms with Crippen LogP contribution >= 0.6 is 0 Å². The lowest BCUT2D eigenvalue weighted by Crippen LogP contribution is -2.27. The highest BCUT2D eigenvalue weighted by atomic mass is 16.3. The van der Waals surface area contributed by atoms with Gasteiger partial charge in [0.2, 0.25) is 17.4 Å². The summed E-state index contributed by atoms with van der Waals surface area (Å²) in [6.07, 6.45) is 1.34. The van der Waals surface area contributed by atoms with Gasteiger partial charge in [-0.3, -0.25) is 19.0 Å². The first-order chi connectivity index (χ1) is 14.4. The Kier molecular flexibility index (Phi) is 5.05. The maximum Gasteiger partial charge on any atom is 0.297 e. The fourth-order valence-electron chi connectivity index (χ4n) is 3.01.